The number of aliphatic carboxylic acids is 1. The molecule has 2 rings (SSSR count). The van der Waals surface area contributed by atoms with Gasteiger partial charge < -0.3 is 14.7 Å². The number of amides is 1. The average molecular weight is 268 g/mol. The molecule has 0 aromatic carbocycles. The van der Waals surface area contributed by atoms with Crippen LogP contribution in [0.25, 0.3) is 0 Å². The SMILES string of the molecule is CC1(OCC(=O)O)CN(C(=O)c2ccc(F)nc2)C1. The van der Waals surface area contributed by atoms with E-state index in [4.69, 9.17) is 9.84 Å². The summed E-state index contributed by atoms with van der Waals surface area (Å²) in [6.07, 6.45) is 1.17. The summed E-state index contributed by atoms with van der Waals surface area (Å²) in [5.74, 6) is -1.97. The Balaban J connectivity index is 1.91. The van der Waals surface area contributed by atoms with Crippen molar-refractivity contribution in [3.05, 3.63) is 29.8 Å². The Morgan fingerprint density at radius 1 is 1.53 bits per heavy atom. The molecule has 0 atom stereocenters. The Morgan fingerprint density at radius 3 is 2.74 bits per heavy atom. The van der Waals surface area contributed by atoms with Crippen LogP contribution in [-0.4, -0.2) is 52.2 Å². The van der Waals surface area contributed by atoms with Gasteiger partial charge in [-0.2, -0.15) is 4.39 Å². The molecular formula is C12H13FN2O4. The number of likely N-dealkylation sites (tertiary alicyclic amines) is 1. The molecule has 1 N–H and O–H groups in total. The van der Waals surface area contributed by atoms with Gasteiger partial charge in [0.15, 0.2) is 0 Å². The van der Waals surface area contributed by atoms with Gasteiger partial charge >= 0.3 is 5.97 Å². The number of carbonyl (C=O) groups is 2. The third-order valence-corrected chi connectivity index (χ3v) is 2.86. The Labute approximate surface area is 108 Å². The van der Waals surface area contributed by atoms with E-state index in [0.29, 0.717) is 18.7 Å². The van der Waals surface area contributed by atoms with Crippen molar-refractivity contribution in [3.8, 4) is 0 Å². The van der Waals surface area contributed by atoms with Crippen molar-refractivity contribution >= 4 is 11.9 Å². The minimum Gasteiger partial charge on any atom is -0.480 e. The molecule has 102 valence electrons. The first-order valence-corrected chi connectivity index (χ1v) is 5.66. The third kappa shape index (κ3) is 3.05. The summed E-state index contributed by atoms with van der Waals surface area (Å²) in [6.45, 7) is 1.95. The number of ether oxygens (including phenoxy) is 1. The molecule has 2 heterocycles. The topological polar surface area (TPSA) is 79.7 Å². The molecule has 0 aliphatic carbocycles. The van der Waals surface area contributed by atoms with Crippen LogP contribution in [0.1, 0.15) is 17.3 Å². The van der Waals surface area contributed by atoms with Gasteiger partial charge in [0, 0.05) is 6.20 Å². The highest BCUT2D eigenvalue weighted by molar-refractivity contribution is 5.94. The van der Waals surface area contributed by atoms with E-state index in [0.717, 1.165) is 6.07 Å². The first-order chi connectivity index (χ1) is 8.89. The van der Waals surface area contributed by atoms with Crippen LogP contribution in [0.3, 0.4) is 0 Å². The lowest BCUT2D eigenvalue weighted by molar-refractivity contribution is -0.159. The van der Waals surface area contributed by atoms with E-state index in [1.165, 1.54) is 17.2 Å². The first kappa shape index (κ1) is 13.4. The summed E-state index contributed by atoms with van der Waals surface area (Å²) < 4.78 is 17.8. The smallest absolute Gasteiger partial charge is 0.329 e. The van der Waals surface area contributed by atoms with Crippen molar-refractivity contribution in [1.82, 2.24) is 9.88 Å². The predicted molar refractivity (Wildman–Crippen MR) is 62.1 cm³/mol. The normalized spacial score (nSPS) is 16.8. The fourth-order valence-corrected chi connectivity index (χ4v) is 1.92. The van der Waals surface area contributed by atoms with Crippen LogP contribution < -0.4 is 0 Å². The van der Waals surface area contributed by atoms with Crippen molar-refractivity contribution in [2.75, 3.05) is 19.7 Å². The Morgan fingerprint density at radius 2 is 2.21 bits per heavy atom. The number of hydrogen-bond donors (Lipinski definition) is 1. The number of carboxylic acids is 1. The van der Waals surface area contributed by atoms with Crippen LogP contribution in [0.5, 0.6) is 0 Å². The van der Waals surface area contributed by atoms with E-state index in [9.17, 15) is 14.0 Å². The Bertz CT molecular complexity index is 497. The van der Waals surface area contributed by atoms with Crippen LogP contribution >= 0.6 is 0 Å². The maximum Gasteiger partial charge on any atom is 0.329 e. The van der Waals surface area contributed by atoms with E-state index in [2.05, 4.69) is 4.98 Å². The summed E-state index contributed by atoms with van der Waals surface area (Å²) in [5.41, 5.74) is -0.344. The molecule has 0 radical (unpaired) electrons. The molecule has 19 heavy (non-hydrogen) atoms. The molecule has 7 heteroatoms. The first-order valence-electron chi connectivity index (χ1n) is 5.66. The molecule has 1 aromatic rings. The number of aromatic nitrogens is 1. The summed E-state index contributed by atoms with van der Waals surface area (Å²) in [4.78, 5) is 27.3. The van der Waals surface area contributed by atoms with Crippen LogP contribution in [0.2, 0.25) is 0 Å². The van der Waals surface area contributed by atoms with E-state index < -0.39 is 24.1 Å². The number of carboxylic acid groups (broad SMARTS) is 1. The number of pyridine rings is 1. The van der Waals surface area contributed by atoms with Crippen molar-refractivity contribution in [1.29, 1.82) is 0 Å². The average Bonchev–Trinajstić information content (AvgIpc) is 2.33. The van der Waals surface area contributed by atoms with Gasteiger partial charge in [0.25, 0.3) is 5.91 Å². The molecule has 0 bridgehead atoms. The fraction of sp³-hybridized carbons (Fsp3) is 0.417. The Kier molecular flexibility index (Phi) is 3.48. The summed E-state index contributed by atoms with van der Waals surface area (Å²) in [7, 11) is 0. The number of rotatable bonds is 4. The zero-order valence-electron chi connectivity index (χ0n) is 10.3. The second-order valence-corrected chi connectivity index (χ2v) is 4.66. The molecule has 1 aromatic heterocycles. The van der Waals surface area contributed by atoms with Crippen molar-refractivity contribution in [3.63, 3.8) is 0 Å². The molecule has 1 fully saturated rings. The molecule has 1 aliphatic rings. The van der Waals surface area contributed by atoms with Crippen molar-refractivity contribution in [2.24, 2.45) is 0 Å². The molecule has 1 amide bonds. The van der Waals surface area contributed by atoms with Gasteiger partial charge in [-0.3, -0.25) is 4.79 Å². The second-order valence-electron chi connectivity index (χ2n) is 4.66. The Hall–Kier alpha value is -2.02. The van der Waals surface area contributed by atoms with Crippen molar-refractivity contribution in [2.45, 2.75) is 12.5 Å². The van der Waals surface area contributed by atoms with Crippen molar-refractivity contribution < 1.29 is 23.8 Å². The van der Waals surface area contributed by atoms with Crippen LogP contribution in [0.15, 0.2) is 18.3 Å². The van der Waals surface area contributed by atoms with Gasteiger partial charge in [-0.25, -0.2) is 9.78 Å². The van der Waals surface area contributed by atoms with Gasteiger partial charge in [0.2, 0.25) is 5.95 Å². The highest BCUT2D eigenvalue weighted by Gasteiger charge is 2.43. The van der Waals surface area contributed by atoms with Crippen LogP contribution in [-0.2, 0) is 9.53 Å². The highest BCUT2D eigenvalue weighted by atomic mass is 19.1. The maximum absolute atomic E-state index is 12.6. The van der Waals surface area contributed by atoms with E-state index in [1.807, 2.05) is 0 Å². The third-order valence-electron chi connectivity index (χ3n) is 2.86. The molecule has 1 aliphatic heterocycles. The number of halogens is 1. The van der Waals surface area contributed by atoms with Gasteiger partial charge in [-0.05, 0) is 19.1 Å². The highest BCUT2D eigenvalue weighted by Crippen LogP contribution is 2.26. The monoisotopic (exact) mass is 268 g/mol. The quantitative estimate of drug-likeness (QED) is 0.806. The molecule has 0 unspecified atom stereocenters. The molecule has 6 nitrogen and oxygen atoms in total. The van der Waals surface area contributed by atoms with Crippen LogP contribution in [0.4, 0.5) is 4.39 Å². The number of carbonyl (C=O) groups excluding carboxylic acids is 1. The van der Waals surface area contributed by atoms with Gasteiger partial charge in [0.1, 0.15) is 12.2 Å². The summed E-state index contributed by atoms with van der Waals surface area (Å²) >= 11 is 0. The number of nitrogens with zero attached hydrogens (tertiary/aromatic N) is 2. The molecular weight excluding hydrogens is 255 g/mol. The van der Waals surface area contributed by atoms with E-state index >= 15 is 0 Å². The lowest BCUT2D eigenvalue weighted by atomic mass is 9.95. The lowest BCUT2D eigenvalue weighted by Crippen LogP contribution is -2.63. The second kappa shape index (κ2) is 4.93. The van der Waals surface area contributed by atoms with Gasteiger partial charge in [0.05, 0.1) is 18.7 Å². The van der Waals surface area contributed by atoms with Crippen LogP contribution in [0, 0.1) is 5.95 Å². The zero-order chi connectivity index (χ0) is 14.0. The zero-order valence-corrected chi connectivity index (χ0v) is 10.3. The maximum atomic E-state index is 12.6. The van der Waals surface area contributed by atoms with E-state index in [-0.39, 0.29) is 5.91 Å². The lowest BCUT2D eigenvalue weighted by Gasteiger charge is -2.47. The van der Waals surface area contributed by atoms with Gasteiger partial charge in [-0.1, -0.05) is 0 Å². The molecule has 0 spiro atoms. The minimum absolute atomic E-state index is 0.274. The summed E-state index contributed by atoms with van der Waals surface area (Å²) in [5, 5.41) is 8.53. The van der Waals surface area contributed by atoms with Gasteiger partial charge in [-0.15, -0.1) is 0 Å². The number of hydrogen-bond acceptors (Lipinski definition) is 4. The molecule has 1 saturated heterocycles. The summed E-state index contributed by atoms with van der Waals surface area (Å²) in [6, 6.07) is 2.48. The fourth-order valence-electron chi connectivity index (χ4n) is 1.92. The molecule has 0 saturated carbocycles. The standard InChI is InChI=1S/C12H13FN2O4/c1-12(19-5-10(16)17)6-15(7-12)11(18)8-2-3-9(13)14-4-8/h2-4H,5-7H2,1H3,(H,16,17). The van der Waals surface area contributed by atoms with E-state index in [1.54, 1.807) is 6.92 Å². The minimum atomic E-state index is -1.05. The largest absolute Gasteiger partial charge is 0.480 e. The predicted octanol–water partition coefficient (Wildman–Crippen LogP) is 0.536.